The van der Waals surface area contributed by atoms with Crippen LogP contribution in [0.15, 0.2) is 41.0 Å². The van der Waals surface area contributed by atoms with Gasteiger partial charge in [-0.1, -0.05) is 18.2 Å². The Labute approximate surface area is 135 Å². The molecular formula is C17H22N2O4. The predicted molar refractivity (Wildman–Crippen MR) is 86.2 cm³/mol. The smallest absolute Gasteiger partial charge is 0.317 e. The largest absolute Gasteiger partial charge is 0.491 e. The number of ether oxygens (including phenoxy) is 1. The fraction of sp³-hybridized carbons (Fsp3) is 0.353. The van der Waals surface area contributed by atoms with Crippen LogP contribution in [0.4, 0.5) is 4.79 Å². The summed E-state index contributed by atoms with van der Waals surface area (Å²) in [5.74, 6) is 1.47. The molecule has 0 saturated carbocycles. The number of rotatable bonds is 7. The molecule has 0 bridgehead atoms. The number of nitrogens with zero attached hydrogens (tertiary/aromatic N) is 1. The zero-order valence-corrected chi connectivity index (χ0v) is 13.4. The van der Waals surface area contributed by atoms with Gasteiger partial charge in [-0.15, -0.1) is 0 Å². The molecule has 0 saturated heterocycles. The van der Waals surface area contributed by atoms with Gasteiger partial charge in [-0.05, 0) is 19.1 Å². The molecule has 2 rings (SSSR count). The average Bonchev–Trinajstić information content (AvgIpc) is 2.96. The van der Waals surface area contributed by atoms with Crippen LogP contribution < -0.4 is 10.1 Å². The Balaban J connectivity index is 1.90. The van der Waals surface area contributed by atoms with E-state index in [0.717, 1.165) is 16.9 Å². The van der Waals surface area contributed by atoms with Gasteiger partial charge in [0.05, 0.1) is 19.4 Å². The highest BCUT2D eigenvalue weighted by Crippen LogP contribution is 2.17. The number of hydrogen-bond acceptors (Lipinski definition) is 4. The first-order valence-electron chi connectivity index (χ1n) is 7.45. The van der Waals surface area contributed by atoms with Crippen LogP contribution >= 0.6 is 0 Å². The van der Waals surface area contributed by atoms with E-state index in [1.54, 1.807) is 18.2 Å². The third kappa shape index (κ3) is 4.75. The molecule has 2 aromatic rings. The number of amides is 2. The number of carbonyl (C=O) groups is 1. The summed E-state index contributed by atoms with van der Waals surface area (Å²) in [6.45, 7) is 2.89. The zero-order valence-electron chi connectivity index (χ0n) is 13.4. The van der Waals surface area contributed by atoms with Gasteiger partial charge < -0.3 is 24.5 Å². The van der Waals surface area contributed by atoms with Crippen molar-refractivity contribution in [2.45, 2.75) is 20.0 Å². The Hall–Kier alpha value is -2.47. The second kappa shape index (κ2) is 8.24. The van der Waals surface area contributed by atoms with Gasteiger partial charge in [-0.25, -0.2) is 4.79 Å². The van der Waals surface area contributed by atoms with E-state index in [9.17, 15) is 4.79 Å². The number of para-hydroxylation sites is 1. The lowest BCUT2D eigenvalue weighted by Gasteiger charge is -2.18. The quantitative estimate of drug-likeness (QED) is 0.821. The van der Waals surface area contributed by atoms with Crippen molar-refractivity contribution in [3.05, 3.63) is 53.5 Å². The number of aliphatic hydroxyl groups is 1. The minimum absolute atomic E-state index is 0.0481. The average molecular weight is 318 g/mol. The van der Waals surface area contributed by atoms with Crippen LogP contribution in [0, 0.1) is 6.92 Å². The summed E-state index contributed by atoms with van der Waals surface area (Å²) in [7, 11) is 1.73. The zero-order chi connectivity index (χ0) is 16.7. The topological polar surface area (TPSA) is 74.9 Å². The summed E-state index contributed by atoms with van der Waals surface area (Å²) in [5.41, 5.74) is 1.84. The van der Waals surface area contributed by atoms with E-state index in [-0.39, 0.29) is 19.2 Å². The minimum atomic E-state index is -0.178. The molecule has 0 aliphatic heterocycles. The first-order chi connectivity index (χ1) is 11.1. The lowest BCUT2D eigenvalue weighted by molar-refractivity contribution is 0.198. The fourth-order valence-corrected chi connectivity index (χ4v) is 2.15. The summed E-state index contributed by atoms with van der Waals surface area (Å²) in [6.07, 6.45) is 1.62. The Bertz CT molecular complexity index is 639. The summed E-state index contributed by atoms with van der Waals surface area (Å²) in [4.78, 5) is 13.8. The van der Waals surface area contributed by atoms with Gasteiger partial charge in [-0.3, -0.25) is 0 Å². The Morgan fingerprint density at radius 2 is 2.09 bits per heavy atom. The fourth-order valence-electron chi connectivity index (χ4n) is 2.15. The van der Waals surface area contributed by atoms with Crippen LogP contribution in [0.5, 0.6) is 5.75 Å². The molecule has 1 aromatic heterocycles. The molecule has 0 unspecified atom stereocenters. The Morgan fingerprint density at radius 1 is 1.30 bits per heavy atom. The van der Waals surface area contributed by atoms with Crippen molar-refractivity contribution in [2.75, 3.05) is 20.3 Å². The number of benzene rings is 1. The molecular weight excluding hydrogens is 296 g/mol. The van der Waals surface area contributed by atoms with E-state index >= 15 is 0 Å². The summed E-state index contributed by atoms with van der Waals surface area (Å²) in [6, 6.07) is 9.11. The van der Waals surface area contributed by atoms with Crippen molar-refractivity contribution in [3.8, 4) is 5.75 Å². The van der Waals surface area contributed by atoms with E-state index in [4.69, 9.17) is 14.3 Å². The number of furan rings is 1. The van der Waals surface area contributed by atoms with Gasteiger partial charge in [-0.2, -0.15) is 0 Å². The standard InChI is InChI=1S/C17H22N2O4/c1-13-15(7-9-22-13)12-19(2)17(21)18-11-14-5-3-4-6-16(14)23-10-8-20/h3-7,9,20H,8,10-12H2,1-2H3,(H,18,21). The molecule has 2 amide bonds. The van der Waals surface area contributed by atoms with Crippen molar-refractivity contribution in [3.63, 3.8) is 0 Å². The van der Waals surface area contributed by atoms with Crippen LogP contribution in [0.3, 0.4) is 0 Å². The summed E-state index contributed by atoms with van der Waals surface area (Å²) in [5, 5.41) is 11.7. The summed E-state index contributed by atoms with van der Waals surface area (Å²) >= 11 is 0. The van der Waals surface area contributed by atoms with E-state index in [1.165, 1.54) is 0 Å². The van der Waals surface area contributed by atoms with Crippen molar-refractivity contribution in [1.82, 2.24) is 10.2 Å². The van der Waals surface area contributed by atoms with Crippen molar-refractivity contribution in [1.29, 1.82) is 0 Å². The normalized spacial score (nSPS) is 10.4. The molecule has 0 spiro atoms. The Morgan fingerprint density at radius 3 is 2.78 bits per heavy atom. The molecule has 0 fully saturated rings. The van der Waals surface area contributed by atoms with Gasteiger partial charge >= 0.3 is 6.03 Å². The number of aryl methyl sites for hydroxylation is 1. The third-order valence-corrected chi connectivity index (χ3v) is 3.47. The monoisotopic (exact) mass is 318 g/mol. The van der Waals surface area contributed by atoms with Crippen LogP contribution in [0.25, 0.3) is 0 Å². The molecule has 0 aliphatic carbocycles. The van der Waals surface area contributed by atoms with Gasteiger partial charge in [0, 0.05) is 24.7 Å². The number of hydrogen-bond donors (Lipinski definition) is 2. The molecule has 6 nitrogen and oxygen atoms in total. The second-order valence-corrected chi connectivity index (χ2v) is 5.20. The molecule has 2 N–H and O–H groups in total. The van der Waals surface area contributed by atoms with Gasteiger partial charge in [0.2, 0.25) is 0 Å². The van der Waals surface area contributed by atoms with Crippen LogP contribution in [-0.4, -0.2) is 36.3 Å². The molecule has 6 heteroatoms. The van der Waals surface area contributed by atoms with E-state index in [0.29, 0.717) is 18.8 Å². The number of aliphatic hydroxyl groups excluding tert-OH is 1. The first kappa shape index (κ1) is 16.9. The lowest BCUT2D eigenvalue weighted by atomic mass is 10.2. The molecule has 0 radical (unpaired) electrons. The van der Waals surface area contributed by atoms with Crippen molar-refractivity contribution >= 4 is 6.03 Å². The maximum Gasteiger partial charge on any atom is 0.317 e. The molecule has 0 atom stereocenters. The van der Waals surface area contributed by atoms with E-state index in [1.807, 2.05) is 37.3 Å². The number of carbonyl (C=O) groups excluding carboxylic acids is 1. The highest BCUT2D eigenvalue weighted by Gasteiger charge is 2.12. The van der Waals surface area contributed by atoms with Gasteiger partial charge in [0.15, 0.2) is 0 Å². The Kier molecular flexibility index (Phi) is 6.05. The van der Waals surface area contributed by atoms with Crippen molar-refractivity contribution in [2.24, 2.45) is 0 Å². The maximum absolute atomic E-state index is 12.2. The highest BCUT2D eigenvalue weighted by molar-refractivity contribution is 5.74. The van der Waals surface area contributed by atoms with Crippen molar-refractivity contribution < 1.29 is 19.1 Å². The molecule has 23 heavy (non-hydrogen) atoms. The van der Waals surface area contributed by atoms with Gasteiger partial charge in [0.25, 0.3) is 0 Å². The number of urea groups is 1. The first-order valence-corrected chi connectivity index (χ1v) is 7.45. The SMILES string of the molecule is Cc1occc1CN(C)C(=O)NCc1ccccc1OCCO. The lowest BCUT2D eigenvalue weighted by Crippen LogP contribution is -2.36. The maximum atomic E-state index is 12.2. The predicted octanol–water partition coefficient (Wildman–Crippen LogP) is 2.30. The van der Waals surface area contributed by atoms with E-state index < -0.39 is 0 Å². The number of nitrogens with one attached hydrogen (secondary N) is 1. The van der Waals surface area contributed by atoms with Crippen LogP contribution in [-0.2, 0) is 13.1 Å². The van der Waals surface area contributed by atoms with Crippen LogP contribution in [0.1, 0.15) is 16.9 Å². The molecule has 1 heterocycles. The third-order valence-electron chi connectivity index (χ3n) is 3.47. The minimum Gasteiger partial charge on any atom is -0.491 e. The molecule has 0 aliphatic rings. The van der Waals surface area contributed by atoms with Crippen LogP contribution in [0.2, 0.25) is 0 Å². The molecule has 124 valence electrons. The molecule has 1 aromatic carbocycles. The second-order valence-electron chi connectivity index (χ2n) is 5.20. The van der Waals surface area contributed by atoms with E-state index in [2.05, 4.69) is 5.32 Å². The highest BCUT2D eigenvalue weighted by atomic mass is 16.5. The summed E-state index contributed by atoms with van der Waals surface area (Å²) < 4.78 is 10.7. The van der Waals surface area contributed by atoms with Gasteiger partial charge in [0.1, 0.15) is 18.1 Å².